The fourth-order valence-corrected chi connectivity index (χ4v) is 1.45. The van der Waals surface area contributed by atoms with E-state index >= 15 is 0 Å². The summed E-state index contributed by atoms with van der Waals surface area (Å²) in [5.41, 5.74) is 0.512. The topological polar surface area (TPSA) is 20.2 Å². The molecule has 0 atom stereocenters. The van der Waals surface area contributed by atoms with E-state index in [1.165, 1.54) is 0 Å². The normalized spacial score (nSPS) is 13.0. The van der Waals surface area contributed by atoms with Crippen molar-refractivity contribution >= 4 is 34.8 Å². The van der Waals surface area contributed by atoms with Gasteiger partial charge in [0.05, 0.1) is 5.60 Å². The molecule has 0 aliphatic carbocycles. The van der Waals surface area contributed by atoms with Gasteiger partial charge in [0.15, 0.2) is 0 Å². The molecule has 0 saturated carbocycles. The van der Waals surface area contributed by atoms with Crippen molar-refractivity contribution < 1.29 is 5.11 Å². The van der Waals surface area contributed by atoms with Crippen LogP contribution in [0.5, 0.6) is 0 Å². The van der Waals surface area contributed by atoms with Gasteiger partial charge < -0.3 is 5.11 Å². The van der Waals surface area contributed by atoms with E-state index in [4.69, 9.17) is 34.8 Å². The minimum Gasteiger partial charge on any atom is -0.386 e. The van der Waals surface area contributed by atoms with E-state index in [-0.39, 0.29) is 0 Å². The molecule has 0 aromatic heterocycles. The van der Waals surface area contributed by atoms with Crippen LogP contribution in [0.15, 0.2) is 24.3 Å². The number of hydrogen-bond acceptors (Lipinski definition) is 1. The maximum atomic E-state index is 9.68. The van der Waals surface area contributed by atoms with Crippen molar-refractivity contribution in [2.75, 3.05) is 0 Å². The lowest BCUT2D eigenvalue weighted by molar-refractivity contribution is 0.0786. The first-order valence-corrected chi connectivity index (χ1v) is 5.25. The van der Waals surface area contributed by atoms with Crippen LogP contribution in [-0.4, -0.2) is 5.11 Å². The predicted octanol–water partition coefficient (Wildman–Crippen LogP) is 3.74. The quantitative estimate of drug-likeness (QED) is 0.756. The summed E-state index contributed by atoms with van der Waals surface area (Å²) < 4.78 is -1.40. The summed E-state index contributed by atoms with van der Waals surface area (Å²) in [5.74, 6) is 0. The minimum atomic E-state index is -1.40. The van der Waals surface area contributed by atoms with Crippen molar-refractivity contribution in [1.29, 1.82) is 0 Å². The fourth-order valence-electron chi connectivity index (χ4n) is 1.07. The van der Waals surface area contributed by atoms with Gasteiger partial charge in [-0.3, -0.25) is 0 Å². The Morgan fingerprint density at radius 2 is 1.29 bits per heavy atom. The van der Waals surface area contributed by atoms with Gasteiger partial charge in [-0.05, 0) is 19.4 Å². The van der Waals surface area contributed by atoms with Crippen LogP contribution in [0.2, 0.25) is 0 Å². The highest BCUT2D eigenvalue weighted by Crippen LogP contribution is 2.38. The lowest BCUT2D eigenvalue weighted by atomic mass is 9.98. The zero-order valence-electron chi connectivity index (χ0n) is 7.89. The van der Waals surface area contributed by atoms with Crippen LogP contribution in [0.4, 0.5) is 0 Å². The molecule has 1 nitrogen and oxygen atoms in total. The smallest absolute Gasteiger partial charge is 0.216 e. The Hall–Kier alpha value is 0.0500. The van der Waals surface area contributed by atoms with Gasteiger partial charge in [-0.15, -0.1) is 0 Å². The maximum Gasteiger partial charge on any atom is 0.216 e. The van der Waals surface area contributed by atoms with Gasteiger partial charge in [0, 0.05) is 5.56 Å². The zero-order chi connectivity index (χ0) is 11.0. The summed E-state index contributed by atoms with van der Waals surface area (Å²) in [6, 6.07) is 6.88. The van der Waals surface area contributed by atoms with Gasteiger partial charge in [-0.2, -0.15) is 0 Å². The van der Waals surface area contributed by atoms with E-state index in [1.54, 1.807) is 38.1 Å². The van der Waals surface area contributed by atoms with E-state index in [2.05, 4.69) is 0 Å². The summed E-state index contributed by atoms with van der Waals surface area (Å²) in [4.78, 5) is 0. The molecule has 1 aromatic carbocycles. The molecule has 0 unspecified atom stereocenters. The van der Waals surface area contributed by atoms with Crippen molar-refractivity contribution in [3.63, 3.8) is 0 Å². The third-order valence-corrected chi connectivity index (χ3v) is 2.57. The van der Waals surface area contributed by atoms with Gasteiger partial charge in [-0.1, -0.05) is 59.1 Å². The summed E-state index contributed by atoms with van der Waals surface area (Å²) in [6.07, 6.45) is 0. The number of hydrogen-bond donors (Lipinski definition) is 1. The summed E-state index contributed by atoms with van der Waals surface area (Å²) in [7, 11) is 0. The highest BCUT2D eigenvalue weighted by Gasteiger charge is 2.23. The summed E-state index contributed by atoms with van der Waals surface area (Å²) in [5, 5.41) is 9.68. The Labute approximate surface area is 98.6 Å². The van der Waals surface area contributed by atoms with Crippen LogP contribution < -0.4 is 0 Å². The van der Waals surface area contributed by atoms with E-state index in [9.17, 15) is 5.11 Å². The number of benzene rings is 1. The predicted molar refractivity (Wildman–Crippen MR) is 60.9 cm³/mol. The molecule has 0 bridgehead atoms. The van der Waals surface area contributed by atoms with Crippen LogP contribution in [0.1, 0.15) is 25.0 Å². The zero-order valence-corrected chi connectivity index (χ0v) is 10.2. The Balaban J connectivity index is 3.02. The Bertz CT molecular complexity index is 273. The monoisotopic (exact) mass is 252 g/mol. The second-order valence-corrected chi connectivity index (χ2v) is 5.92. The molecule has 0 spiro atoms. The molecule has 0 radical (unpaired) electrons. The molecule has 78 valence electrons. The average Bonchev–Trinajstić information content (AvgIpc) is 2.01. The van der Waals surface area contributed by atoms with E-state index in [1.807, 2.05) is 0 Å². The van der Waals surface area contributed by atoms with Crippen LogP contribution in [0, 0.1) is 0 Å². The van der Waals surface area contributed by atoms with Crippen LogP contribution >= 0.6 is 34.8 Å². The van der Waals surface area contributed by atoms with E-state index in [0.29, 0.717) is 5.56 Å². The van der Waals surface area contributed by atoms with Crippen LogP contribution in [-0.2, 0) is 9.39 Å². The molecule has 0 heterocycles. The molecule has 1 aromatic rings. The molecule has 1 N–H and O–H groups in total. The first kappa shape index (κ1) is 12.1. The first-order valence-electron chi connectivity index (χ1n) is 4.11. The van der Waals surface area contributed by atoms with Crippen molar-refractivity contribution in [3.05, 3.63) is 35.4 Å². The first-order chi connectivity index (χ1) is 6.21. The molecule has 0 aliphatic heterocycles. The molecule has 0 saturated heterocycles. The van der Waals surface area contributed by atoms with Gasteiger partial charge in [0.2, 0.25) is 3.79 Å². The number of halogens is 3. The van der Waals surface area contributed by atoms with Gasteiger partial charge >= 0.3 is 0 Å². The summed E-state index contributed by atoms with van der Waals surface area (Å²) in [6.45, 7) is 3.41. The molecule has 14 heavy (non-hydrogen) atoms. The highest BCUT2D eigenvalue weighted by molar-refractivity contribution is 6.66. The summed E-state index contributed by atoms with van der Waals surface area (Å²) >= 11 is 17.1. The Kier molecular flexibility index (Phi) is 3.37. The number of aliphatic hydroxyl groups is 1. The van der Waals surface area contributed by atoms with Gasteiger partial charge in [0.25, 0.3) is 0 Å². The Morgan fingerprint density at radius 1 is 0.929 bits per heavy atom. The number of alkyl halides is 3. The van der Waals surface area contributed by atoms with Gasteiger partial charge in [-0.25, -0.2) is 0 Å². The largest absolute Gasteiger partial charge is 0.386 e. The van der Waals surface area contributed by atoms with E-state index in [0.717, 1.165) is 5.56 Å². The SMILES string of the molecule is CC(C)(O)c1ccc(C(Cl)(Cl)Cl)cc1. The Morgan fingerprint density at radius 3 is 1.57 bits per heavy atom. The third-order valence-electron chi connectivity index (χ3n) is 1.92. The van der Waals surface area contributed by atoms with Gasteiger partial charge in [0.1, 0.15) is 0 Å². The molecule has 1 rings (SSSR count). The maximum absolute atomic E-state index is 9.68. The second-order valence-electron chi connectivity index (χ2n) is 3.63. The fraction of sp³-hybridized carbons (Fsp3) is 0.400. The second kappa shape index (κ2) is 3.90. The molecular weight excluding hydrogens is 242 g/mol. The van der Waals surface area contributed by atoms with Crippen molar-refractivity contribution in [2.45, 2.75) is 23.2 Å². The van der Waals surface area contributed by atoms with Crippen LogP contribution in [0.3, 0.4) is 0 Å². The molecular formula is C10H11Cl3O. The van der Waals surface area contributed by atoms with Crippen LogP contribution in [0.25, 0.3) is 0 Å². The molecule has 0 aliphatic rings. The molecule has 0 amide bonds. The average molecular weight is 254 g/mol. The number of rotatable bonds is 1. The van der Waals surface area contributed by atoms with Crippen molar-refractivity contribution in [1.82, 2.24) is 0 Å². The molecule has 4 heteroatoms. The van der Waals surface area contributed by atoms with Crippen molar-refractivity contribution in [3.8, 4) is 0 Å². The lowest BCUT2D eigenvalue weighted by Crippen LogP contribution is -2.15. The lowest BCUT2D eigenvalue weighted by Gasteiger charge is -2.19. The molecule has 0 fully saturated rings. The van der Waals surface area contributed by atoms with Crippen molar-refractivity contribution in [2.24, 2.45) is 0 Å². The van der Waals surface area contributed by atoms with E-state index < -0.39 is 9.39 Å². The highest BCUT2D eigenvalue weighted by atomic mass is 35.6. The standard InChI is InChI=1S/C10H11Cl3O/c1-9(2,14)7-3-5-8(6-4-7)10(11,12)13/h3-6,14H,1-2H3. The third kappa shape index (κ3) is 3.03. The minimum absolute atomic E-state index is 0.593.